The molecular weight excluding hydrogens is 544 g/mol. The Kier molecular flexibility index (Phi) is 10.1. The summed E-state index contributed by atoms with van der Waals surface area (Å²) < 4.78 is 23.2. The molecule has 230 valence electrons. The van der Waals surface area contributed by atoms with Gasteiger partial charge in [0.25, 0.3) is 0 Å². The number of aliphatic hydroxyl groups is 2. The van der Waals surface area contributed by atoms with Crippen LogP contribution >= 0.6 is 0 Å². The van der Waals surface area contributed by atoms with Crippen LogP contribution in [0, 0.1) is 23.2 Å². The Hall–Kier alpha value is -3.50. The average molecular weight is 587 g/mol. The minimum Gasteiger partial charge on any atom is -0.490 e. The zero-order valence-corrected chi connectivity index (χ0v) is 25.2. The number of allylic oxidation sites excluding steroid dienone is 1. The van der Waals surface area contributed by atoms with Gasteiger partial charge in [-0.2, -0.15) is 0 Å². The second-order valence-corrected chi connectivity index (χ2v) is 12.0. The molecule has 1 aromatic carbocycles. The third kappa shape index (κ3) is 6.93. The van der Waals surface area contributed by atoms with E-state index in [2.05, 4.69) is 6.58 Å². The Bertz CT molecular complexity index is 1220. The van der Waals surface area contributed by atoms with E-state index < -0.39 is 77.1 Å². The first-order chi connectivity index (χ1) is 19.5. The zero-order chi connectivity index (χ0) is 31.6. The van der Waals surface area contributed by atoms with Gasteiger partial charge in [0.1, 0.15) is 23.6 Å². The zero-order valence-electron chi connectivity index (χ0n) is 25.2. The molecule has 0 radical (unpaired) electrons. The van der Waals surface area contributed by atoms with E-state index >= 15 is 0 Å². The fourth-order valence-electron chi connectivity index (χ4n) is 6.07. The molecule has 42 heavy (non-hydrogen) atoms. The highest BCUT2D eigenvalue weighted by Crippen LogP contribution is 2.50. The number of para-hydroxylation sites is 1. The van der Waals surface area contributed by atoms with Crippen LogP contribution in [0.1, 0.15) is 54.9 Å². The van der Waals surface area contributed by atoms with Crippen LogP contribution in [0.4, 0.5) is 0 Å². The summed E-state index contributed by atoms with van der Waals surface area (Å²) in [5, 5.41) is 24.0. The fraction of sp³-hybridized carbons (Fsp3) is 0.562. The van der Waals surface area contributed by atoms with Crippen molar-refractivity contribution >= 4 is 23.7 Å². The van der Waals surface area contributed by atoms with Gasteiger partial charge >= 0.3 is 17.9 Å². The number of rotatable bonds is 5. The maximum Gasteiger partial charge on any atom is 0.303 e. The van der Waals surface area contributed by atoms with Gasteiger partial charge in [-0.25, -0.2) is 0 Å². The van der Waals surface area contributed by atoms with Crippen LogP contribution in [0.25, 0.3) is 0 Å². The van der Waals surface area contributed by atoms with Crippen LogP contribution in [0.2, 0.25) is 0 Å². The first-order valence-electron chi connectivity index (χ1n) is 14.1. The Labute approximate surface area is 246 Å². The topological polar surface area (TPSA) is 146 Å². The van der Waals surface area contributed by atoms with Gasteiger partial charge in [0, 0.05) is 37.7 Å². The fourth-order valence-corrected chi connectivity index (χ4v) is 6.07. The molecule has 0 spiro atoms. The number of carbonyl (C=O) groups excluding carboxylic acids is 4. The Morgan fingerprint density at radius 2 is 1.43 bits per heavy atom. The molecule has 2 aliphatic rings. The number of ether oxygens (including phenoxy) is 4. The van der Waals surface area contributed by atoms with Crippen LogP contribution in [0.15, 0.2) is 54.6 Å². The van der Waals surface area contributed by atoms with Crippen molar-refractivity contribution in [2.45, 2.75) is 91.0 Å². The molecule has 1 saturated carbocycles. The highest BCUT2D eigenvalue weighted by Gasteiger charge is 2.62. The lowest BCUT2D eigenvalue weighted by molar-refractivity contribution is -0.178. The molecule has 0 heterocycles. The summed E-state index contributed by atoms with van der Waals surface area (Å²) in [7, 11) is 0. The molecule has 10 nitrogen and oxygen atoms in total. The van der Waals surface area contributed by atoms with Crippen LogP contribution < -0.4 is 4.74 Å². The van der Waals surface area contributed by atoms with E-state index in [9.17, 15) is 29.4 Å². The van der Waals surface area contributed by atoms with E-state index in [0.29, 0.717) is 5.75 Å². The van der Waals surface area contributed by atoms with E-state index in [1.165, 1.54) is 0 Å². The lowest BCUT2D eigenvalue weighted by Crippen LogP contribution is -2.58. The highest BCUT2D eigenvalue weighted by atomic mass is 16.6. The van der Waals surface area contributed by atoms with Crippen molar-refractivity contribution in [3.63, 3.8) is 0 Å². The van der Waals surface area contributed by atoms with E-state index in [1.807, 2.05) is 13.0 Å². The summed E-state index contributed by atoms with van der Waals surface area (Å²) in [6.45, 7) is 14.2. The van der Waals surface area contributed by atoms with E-state index in [0.717, 1.165) is 20.8 Å². The van der Waals surface area contributed by atoms with Gasteiger partial charge in [-0.15, -0.1) is 0 Å². The predicted molar refractivity (Wildman–Crippen MR) is 152 cm³/mol. The number of ketones is 1. The van der Waals surface area contributed by atoms with Crippen molar-refractivity contribution in [1.29, 1.82) is 0 Å². The SMILES string of the molecule is C=C1[C@@H](OC(C)=O)[C@H]2[C@@H](Oc3ccccc3)[C@@H](C)C[C@]2(O)[C@H](O)[C@H](C)/C=C/C(C)(C)C(=O)[C@@H](OC(C)=O)[C@H]1OC(C)=O. The van der Waals surface area contributed by atoms with Crippen LogP contribution in [0.3, 0.4) is 0 Å². The first kappa shape index (κ1) is 33.0. The molecule has 0 aromatic heterocycles. The third-order valence-corrected chi connectivity index (χ3v) is 8.09. The monoisotopic (exact) mass is 586 g/mol. The van der Waals surface area contributed by atoms with Crippen molar-refractivity contribution in [3.05, 3.63) is 54.6 Å². The van der Waals surface area contributed by atoms with Crippen LogP contribution in [-0.4, -0.2) is 70.0 Å². The molecule has 10 heteroatoms. The van der Waals surface area contributed by atoms with Crippen molar-refractivity contribution in [3.8, 4) is 5.75 Å². The third-order valence-electron chi connectivity index (χ3n) is 8.09. The van der Waals surface area contributed by atoms with Gasteiger partial charge in [0.2, 0.25) is 6.10 Å². The molecule has 0 bridgehead atoms. The Balaban J connectivity index is 2.33. The van der Waals surface area contributed by atoms with E-state index in [4.69, 9.17) is 18.9 Å². The minimum absolute atomic E-state index is 0.0630. The second kappa shape index (κ2) is 12.8. The Morgan fingerprint density at radius 3 is 1.98 bits per heavy atom. The normalized spacial score (nSPS) is 35.5. The number of esters is 3. The molecule has 0 saturated heterocycles. The first-order valence-corrected chi connectivity index (χ1v) is 14.1. The van der Waals surface area contributed by atoms with Crippen LogP contribution in [0.5, 0.6) is 5.75 Å². The molecule has 9 atom stereocenters. The van der Waals surface area contributed by atoms with Gasteiger partial charge in [0.15, 0.2) is 11.9 Å². The van der Waals surface area contributed by atoms with Crippen molar-refractivity contribution in [1.82, 2.24) is 0 Å². The summed E-state index contributed by atoms with van der Waals surface area (Å²) >= 11 is 0. The minimum atomic E-state index is -1.89. The molecule has 3 rings (SSSR count). The number of hydrogen-bond acceptors (Lipinski definition) is 10. The van der Waals surface area contributed by atoms with Crippen molar-refractivity contribution in [2.24, 2.45) is 23.2 Å². The molecular formula is C32H42O10. The molecule has 0 aliphatic heterocycles. The molecule has 2 N–H and O–H groups in total. The maximum absolute atomic E-state index is 13.9. The molecule has 0 amide bonds. The summed E-state index contributed by atoms with van der Waals surface area (Å²) in [5.74, 6) is -4.70. The smallest absolute Gasteiger partial charge is 0.303 e. The lowest BCUT2D eigenvalue weighted by Gasteiger charge is -2.44. The summed E-state index contributed by atoms with van der Waals surface area (Å²) in [4.78, 5) is 51.0. The van der Waals surface area contributed by atoms with Gasteiger partial charge in [-0.3, -0.25) is 19.2 Å². The lowest BCUT2D eigenvalue weighted by atomic mass is 9.72. The standard InChI is InChI=1S/C32H42O10/c1-17-14-15-31(7,8)30(37)28(41-22(6)35)27(40-21(5)34)19(3)26(39-20(4)33)24-25(42-23-12-10-9-11-13-23)18(2)16-32(24,38)29(17)36/h9-15,17-18,24-29,36,38H,3,16H2,1-2,4-8H3/b15-14+/t17-,18+,24-,25+,26-,27+,28+,29-,32-/m1/s1. The number of hydrogen-bond donors (Lipinski definition) is 2. The predicted octanol–water partition coefficient (Wildman–Crippen LogP) is 3.33. The van der Waals surface area contributed by atoms with Crippen molar-refractivity contribution in [2.75, 3.05) is 0 Å². The highest BCUT2D eigenvalue weighted by molar-refractivity contribution is 5.92. The number of benzene rings is 1. The summed E-state index contributed by atoms with van der Waals surface area (Å²) in [6, 6.07) is 8.84. The summed E-state index contributed by atoms with van der Waals surface area (Å²) in [5.41, 5.74) is -3.27. The van der Waals surface area contributed by atoms with Gasteiger partial charge in [-0.05, 0) is 38.3 Å². The molecule has 2 aliphatic carbocycles. The molecule has 0 unspecified atom stereocenters. The number of fused-ring (bicyclic) bond motifs is 1. The average Bonchev–Trinajstić information content (AvgIpc) is 3.15. The molecule has 1 aromatic rings. The van der Waals surface area contributed by atoms with Crippen LogP contribution in [-0.2, 0) is 33.4 Å². The number of carbonyl (C=O) groups is 4. The number of aliphatic hydroxyl groups excluding tert-OH is 1. The second-order valence-electron chi connectivity index (χ2n) is 12.0. The summed E-state index contributed by atoms with van der Waals surface area (Å²) in [6.07, 6.45) is -3.67. The largest absolute Gasteiger partial charge is 0.490 e. The van der Waals surface area contributed by atoms with Crippen molar-refractivity contribution < 1.29 is 48.3 Å². The van der Waals surface area contributed by atoms with E-state index in [1.54, 1.807) is 57.2 Å². The molecule has 1 fully saturated rings. The van der Waals surface area contributed by atoms with Gasteiger partial charge < -0.3 is 29.2 Å². The quantitative estimate of drug-likeness (QED) is 0.299. The van der Waals surface area contributed by atoms with Gasteiger partial charge in [-0.1, -0.05) is 50.8 Å². The Morgan fingerprint density at radius 1 is 0.905 bits per heavy atom. The maximum atomic E-state index is 13.9. The number of Topliss-reactive ketones (excluding diaryl/α,β-unsaturated/α-hetero) is 1. The van der Waals surface area contributed by atoms with Gasteiger partial charge in [0.05, 0.1) is 12.0 Å². The van der Waals surface area contributed by atoms with E-state index in [-0.39, 0.29) is 17.9 Å².